The zero-order chi connectivity index (χ0) is 31.1. The number of nitrogens with zero attached hydrogens (tertiary/aromatic N) is 3. The molecule has 232 valence electrons. The van der Waals surface area contributed by atoms with Gasteiger partial charge in [0, 0.05) is 35.3 Å². The fourth-order valence-electron chi connectivity index (χ4n) is 7.84. The lowest BCUT2D eigenvalue weighted by Crippen LogP contribution is -2.62. The molecule has 3 saturated heterocycles. The van der Waals surface area contributed by atoms with E-state index in [0.717, 1.165) is 12.8 Å². The molecule has 3 aliphatic rings. The van der Waals surface area contributed by atoms with Gasteiger partial charge in [-0.05, 0) is 44.4 Å². The Labute approximate surface area is 260 Å². The highest BCUT2D eigenvalue weighted by molar-refractivity contribution is 9.09. The van der Waals surface area contributed by atoms with Gasteiger partial charge in [0.1, 0.15) is 6.04 Å². The summed E-state index contributed by atoms with van der Waals surface area (Å²) >= 11 is 5.53. The van der Waals surface area contributed by atoms with Crippen LogP contribution in [-0.4, -0.2) is 96.2 Å². The lowest BCUT2D eigenvalue weighted by atomic mass is 9.70. The van der Waals surface area contributed by atoms with Gasteiger partial charge in [-0.25, -0.2) is 0 Å². The van der Waals surface area contributed by atoms with E-state index in [9.17, 15) is 19.5 Å². The molecule has 0 saturated carbocycles. The van der Waals surface area contributed by atoms with Crippen LogP contribution in [0.2, 0.25) is 0 Å². The number of carbonyl (C=O) groups excluding carboxylic acids is 3. The van der Waals surface area contributed by atoms with Crippen LogP contribution in [-0.2, 0) is 14.4 Å². The number of likely N-dealkylation sites (tertiary alicyclic amines) is 1. The van der Waals surface area contributed by atoms with E-state index in [0.29, 0.717) is 26.1 Å². The summed E-state index contributed by atoms with van der Waals surface area (Å²) in [5.41, 5.74) is -0.542. The molecule has 2 bridgehead atoms. The number of thioether (sulfide) groups is 1. The third kappa shape index (κ3) is 6.19. The first-order valence-corrected chi connectivity index (χ1v) is 16.9. The van der Waals surface area contributed by atoms with E-state index in [2.05, 4.69) is 63.7 Å². The fraction of sp³-hybridized carbons (Fsp3) is 0.781. The highest BCUT2D eigenvalue weighted by atomic mass is 79.9. The molecule has 7 atom stereocenters. The quantitative estimate of drug-likeness (QED) is 0.220. The standard InChI is InChI=1S/C32H52BrN3O4S/c1-11-14-34(15-12-2)27(38)23-24-28(39)36(22(18-37)20(4)5)26(32(24)17-21(33)25(23)41-32)29(40)35(16-13-3)31(9,10)19-30(6,7)8/h11,13,20-26,37H,1,3,12,14-19H2,2,4-10H3/t21?,22-,23+,24-,25+,26?,32?/m0/s1. The maximum Gasteiger partial charge on any atom is 0.247 e. The number of amides is 3. The molecule has 0 aliphatic carbocycles. The van der Waals surface area contributed by atoms with Crippen molar-refractivity contribution in [3.05, 3.63) is 25.3 Å². The van der Waals surface area contributed by atoms with Crippen molar-refractivity contribution >= 4 is 45.4 Å². The van der Waals surface area contributed by atoms with Crippen LogP contribution in [0.3, 0.4) is 0 Å². The second kappa shape index (κ2) is 12.7. The molecule has 3 heterocycles. The minimum Gasteiger partial charge on any atom is -0.394 e. The first-order valence-electron chi connectivity index (χ1n) is 15.1. The Bertz CT molecular complexity index is 1030. The highest BCUT2D eigenvalue weighted by Crippen LogP contribution is 2.68. The van der Waals surface area contributed by atoms with Gasteiger partial charge in [0.15, 0.2) is 0 Å². The number of fused-ring (bicyclic) bond motifs is 1. The molecule has 1 N–H and O–H groups in total. The van der Waals surface area contributed by atoms with Crippen molar-refractivity contribution in [2.24, 2.45) is 23.2 Å². The molecule has 7 nitrogen and oxygen atoms in total. The zero-order valence-corrected chi connectivity index (χ0v) is 28.8. The van der Waals surface area contributed by atoms with Crippen molar-refractivity contribution in [3.63, 3.8) is 0 Å². The molecule has 0 aromatic carbocycles. The minimum atomic E-state index is -0.786. The second-order valence-corrected chi connectivity index (χ2v) is 17.0. The van der Waals surface area contributed by atoms with Crippen LogP contribution < -0.4 is 0 Å². The first-order chi connectivity index (χ1) is 19.0. The average Bonchev–Trinajstić information content (AvgIpc) is 3.44. The SMILES string of the molecule is C=CCN(CCC)C(=O)[C@H]1[C@@H]2SC3(CC2Br)C(C(=O)N(CC=C)C(C)(C)CC(C)(C)C)N([C@@H](CO)C(C)C)C(=O)[C@H]13. The third-order valence-electron chi connectivity index (χ3n) is 8.99. The van der Waals surface area contributed by atoms with E-state index in [1.807, 2.05) is 30.6 Å². The molecule has 3 unspecified atom stereocenters. The Hall–Kier alpha value is -1.32. The summed E-state index contributed by atoms with van der Waals surface area (Å²) in [6.45, 7) is 25.6. The Kier molecular flexibility index (Phi) is 10.6. The molecule has 3 rings (SSSR count). The van der Waals surface area contributed by atoms with E-state index >= 15 is 0 Å². The summed E-state index contributed by atoms with van der Waals surface area (Å²) in [5, 5.41) is 10.5. The van der Waals surface area contributed by atoms with Gasteiger partial charge < -0.3 is 19.8 Å². The number of aliphatic hydroxyl groups excluding tert-OH is 1. The van der Waals surface area contributed by atoms with Gasteiger partial charge in [0.2, 0.25) is 17.7 Å². The molecule has 0 aromatic rings. The Morgan fingerprint density at radius 3 is 2.27 bits per heavy atom. The second-order valence-electron chi connectivity index (χ2n) is 14.3. The van der Waals surface area contributed by atoms with Crippen LogP contribution in [0.25, 0.3) is 0 Å². The predicted molar refractivity (Wildman–Crippen MR) is 172 cm³/mol. The van der Waals surface area contributed by atoms with Gasteiger partial charge in [-0.1, -0.05) is 69.6 Å². The van der Waals surface area contributed by atoms with Crippen LogP contribution in [0, 0.1) is 23.2 Å². The lowest BCUT2D eigenvalue weighted by molar-refractivity contribution is -0.150. The molecular weight excluding hydrogens is 602 g/mol. The molecule has 3 aliphatic heterocycles. The van der Waals surface area contributed by atoms with Crippen LogP contribution >= 0.6 is 27.7 Å². The van der Waals surface area contributed by atoms with Gasteiger partial charge in [-0.15, -0.1) is 24.9 Å². The summed E-state index contributed by atoms with van der Waals surface area (Å²) in [7, 11) is 0. The number of rotatable bonds is 13. The van der Waals surface area contributed by atoms with E-state index in [-0.39, 0.29) is 45.7 Å². The molecular formula is C32H52BrN3O4S. The van der Waals surface area contributed by atoms with Crippen molar-refractivity contribution in [3.8, 4) is 0 Å². The molecule has 9 heteroatoms. The van der Waals surface area contributed by atoms with Crippen molar-refractivity contribution < 1.29 is 19.5 Å². The van der Waals surface area contributed by atoms with Gasteiger partial charge in [0.05, 0.1) is 29.2 Å². The van der Waals surface area contributed by atoms with Crippen molar-refractivity contribution in [2.45, 2.75) is 107 Å². The molecule has 0 radical (unpaired) electrons. The molecule has 0 aromatic heterocycles. The van der Waals surface area contributed by atoms with Gasteiger partial charge >= 0.3 is 0 Å². The summed E-state index contributed by atoms with van der Waals surface area (Å²) in [5.74, 6) is -1.57. The number of carbonyl (C=O) groups is 3. The number of hydrogen-bond donors (Lipinski definition) is 1. The maximum atomic E-state index is 15.0. The number of aliphatic hydroxyl groups is 1. The molecule has 1 spiro atoms. The molecule has 41 heavy (non-hydrogen) atoms. The van der Waals surface area contributed by atoms with E-state index in [1.165, 1.54) is 0 Å². The van der Waals surface area contributed by atoms with Gasteiger partial charge in [-0.3, -0.25) is 14.4 Å². The zero-order valence-electron chi connectivity index (χ0n) is 26.4. The number of alkyl halides is 1. The summed E-state index contributed by atoms with van der Waals surface area (Å²) < 4.78 is -0.765. The Morgan fingerprint density at radius 2 is 1.78 bits per heavy atom. The van der Waals surface area contributed by atoms with Gasteiger partial charge in [0.25, 0.3) is 0 Å². The van der Waals surface area contributed by atoms with Crippen LogP contribution in [0.5, 0.6) is 0 Å². The normalized spacial score (nSPS) is 30.0. The molecule has 3 amide bonds. The summed E-state index contributed by atoms with van der Waals surface area (Å²) in [6.07, 6.45) is 5.66. The summed E-state index contributed by atoms with van der Waals surface area (Å²) in [4.78, 5) is 49.1. The van der Waals surface area contributed by atoms with Crippen molar-refractivity contribution in [2.75, 3.05) is 26.2 Å². The smallest absolute Gasteiger partial charge is 0.247 e. The first kappa shape index (κ1) is 34.2. The monoisotopic (exact) mass is 653 g/mol. The Balaban J connectivity index is 2.19. The number of halogens is 1. The largest absolute Gasteiger partial charge is 0.394 e. The van der Waals surface area contributed by atoms with Crippen molar-refractivity contribution in [1.82, 2.24) is 14.7 Å². The topological polar surface area (TPSA) is 81.2 Å². The average molecular weight is 655 g/mol. The van der Waals surface area contributed by atoms with Crippen LogP contribution in [0.1, 0.15) is 74.7 Å². The lowest BCUT2D eigenvalue weighted by Gasteiger charge is -2.47. The number of hydrogen-bond acceptors (Lipinski definition) is 5. The molecule has 3 fully saturated rings. The highest BCUT2D eigenvalue weighted by Gasteiger charge is 2.76. The Morgan fingerprint density at radius 1 is 1.17 bits per heavy atom. The summed E-state index contributed by atoms with van der Waals surface area (Å²) in [6, 6.07) is -1.32. The predicted octanol–water partition coefficient (Wildman–Crippen LogP) is 5.12. The van der Waals surface area contributed by atoms with E-state index in [4.69, 9.17) is 0 Å². The van der Waals surface area contributed by atoms with Crippen LogP contribution in [0.4, 0.5) is 0 Å². The van der Waals surface area contributed by atoms with E-state index < -0.39 is 34.2 Å². The third-order valence-corrected chi connectivity index (χ3v) is 12.2. The fourth-order valence-corrected chi connectivity index (χ4v) is 11.4. The van der Waals surface area contributed by atoms with Crippen LogP contribution in [0.15, 0.2) is 25.3 Å². The van der Waals surface area contributed by atoms with E-state index in [1.54, 1.807) is 28.8 Å². The maximum absolute atomic E-state index is 15.0. The van der Waals surface area contributed by atoms with Gasteiger partial charge in [-0.2, -0.15) is 0 Å². The van der Waals surface area contributed by atoms with Crippen molar-refractivity contribution in [1.29, 1.82) is 0 Å². The minimum absolute atomic E-state index is 0.00461.